The monoisotopic (exact) mass is 385 g/mol. The van der Waals surface area contributed by atoms with Crippen LogP contribution in [0.25, 0.3) is 0 Å². The SMILES string of the molecule is O=C(O)CCC1CCN(S(=O)(=O)c2c(Cl)cc(Cl)cc2Cl)C1. The minimum atomic E-state index is -3.82. The van der Waals surface area contributed by atoms with Crippen LogP contribution in [0.5, 0.6) is 0 Å². The van der Waals surface area contributed by atoms with Crippen LogP contribution in [0.1, 0.15) is 19.3 Å². The van der Waals surface area contributed by atoms with Crippen LogP contribution in [-0.2, 0) is 14.8 Å². The van der Waals surface area contributed by atoms with E-state index >= 15 is 0 Å². The molecule has 1 saturated heterocycles. The van der Waals surface area contributed by atoms with Gasteiger partial charge in [-0.3, -0.25) is 4.79 Å². The number of sulfonamides is 1. The molecule has 1 aliphatic heterocycles. The van der Waals surface area contributed by atoms with Crippen LogP contribution in [0.15, 0.2) is 17.0 Å². The van der Waals surface area contributed by atoms with Crippen LogP contribution in [0, 0.1) is 5.92 Å². The van der Waals surface area contributed by atoms with E-state index in [1.54, 1.807) is 0 Å². The van der Waals surface area contributed by atoms with Gasteiger partial charge in [0.25, 0.3) is 0 Å². The average Bonchev–Trinajstić information content (AvgIpc) is 2.84. The van der Waals surface area contributed by atoms with Crippen LogP contribution >= 0.6 is 34.8 Å². The minimum Gasteiger partial charge on any atom is -0.481 e. The Balaban J connectivity index is 2.20. The van der Waals surface area contributed by atoms with Gasteiger partial charge < -0.3 is 5.11 Å². The van der Waals surface area contributed by atoms with Gasteiger partial charge in [0.2, 0.25) is 10.0 Å². The maximum absolute atomic E-state index is 12.7. The molecule has 5 nitrogen and oxygen atoms in total. The molecule has 1 unspecified atom stereocenters. The molecule has 22 heavy (non-hydrogen) atoms. The van der Waals surface area contributed by atoms with Crippen molar-refractivity contribution in [3.05, 3.63) is 27.2 Å². The number of carbonyl (C=O) groups is 1. The van der Waals surface area contributed by atoms with Crippen LogP contribution in [0.4, 0.5) is 0 Å². The summed E-state index contributed by atoms with van der Waals surface area (Å²) in [4.78, 5) is 10.4. The smallest absolute Gasteiger partial charge is 0.303 e. The first-order chi connectivity index (χ1) is 10.2. The summed E-state index contributed by atoms with van der Waals surface area (Å²) in [5.41, 5.74) is 0. The Morgan fingerprint density at radius 3 is 2.41 bits per heavy atom. The van der Waals surface area contributed by atoms with Gasteiger partial charge >= 0.3 is 5.97 Å². The number of nitrogens with zero attached hydrogens (tertiary/aromatic N) is 1. The summed E-state index contributed by atoms with van der Waals surface area (Å²) in [5, 5.41) is 8.91. The highest BCUT2D eigenvalue weighted by molar-refractivity contribution is 7.89. The van der Waals surface area contributed by atoms with Crippen LogP contribution in [0.2, 0.25) is 15.1 Å². The maximum Gasteiger partial charge on any atom is 0.303 e. The average molecular weight is 387 g/mol. The molecule has 1 heterocycles. The van der Waals surface area contributed by atoms with Gasteiger partial charge in [-0.15, -0.1) is 0 Å². The molecule has 0 saturated carbocycles. The summed E-state index contributed by atoms with van der Waals surface area (Å²) < 4.78 is 26.6. The molecule has 1 N–H and O–H groups in total. The number of carboxylic acids is 1. The first-order valence-electron chi connectivity index (χ1n) is 6.58. The zero-order valence-electron chi connectivity index (χ0n) is 11.4. The number of rotatable bonds is 5. The standard InChI is InChI=1S/C13H14Cl3NO4S/c14-9-5-10(15)13(11(16)6-9)22(20,21)17-4-3-8(7-17)1-2-12(18)19/h5-6,8H,1-4,7H2,(H,18,19). The zero-order valence-corrected chi connectivity index (χ0v) is 14.5. The largest absolute Gasteiger partial charge is 0.481 e. The molecule has 1 atom stereocenters. The lowest BCUT2D eigenvalue weighted by Gasteiger charge is -2.18. The molecule has 0 bridgehead atoms. The Labute approximate surface area is 143 Å². The Hall–Kier alpha value is -0.530. The van der Waals surface area contributed by atoms with E-state index in [0.717, 1.165) is 0 Å². The normalized spacial score (nSPS) is 19.5. The van der Waals surface area contributed by atoms with E-state index in [4.69, 9.17) is 39.9 Å². The van der Waals surface area contributed by atoms with Crippen molar-refractivity contribution in [1.29, 1.82) is 0 Å². The highest BCUT2D eigenvalue weighted by Gasteiger charge is 2.35. The Morgan fingerprint density at radius 2 is 1.86 bits per heavy atom. The molecular weight excluding hydrogens is 373 g/mol. The number of hydrogen-bond acceptors (Lipinski definition) is 3. The molecule has 0 spiro atoms. The molecule has 0 aliphatic carbocycles. The van der Waals surface area contributed by atoms with E-state index in [9.17, 15) is 13.2 Å². The van der Waals surface area contributed by atoms with Crippen LogP contribution in [-0.4, -0.2) is 36.9 Å². The fourth-order valence-corrected chi connectivity index (χ4v) is 5.51. The number of carboxylic acid groups (broad SMARTS) is 1. The summed E-state index contributed by atoms with van der Waals surface area (Å²) in [6, 6.07) is 2.67. The molecule has 122 valence electrons. The second-order valence-corrected chi connectivity index (χ2v) is 8.27. The highest BCUT2D eigenvalue weighted by Crippen LogP contribution is 2.36. The van der Waals surface area contributed by atoms with Gasteiger partial charge in [0, 0.05) is 24.5 Å². The molecule has 9 heteroatoms. The Kier molecular flexibility index (Phi) is 5.61. The van der Waals surface area contributed by atoms with Crippen molar-refractivity contribution >= 4 is 50.8 Å². The summed E-state index contributed by atoms with van der Waals surface area (Å²) >= 11 is 17.8. The van der Waals surface area contributed by atoms with Crippen molar-refractivity contribution < 1.29 is 18.3 Å². The number of hydrogen-bond donors (Lipinski definition) is 1. The van der Waals surface area contributed by atoms with Gasteiger partial charge in [-0.2, -0.15) is 4.31 Å². The fourth-order valence-electron chi connectivity index (χ4n) is 2.48. The van der Waals surface area contributed by atoms with Gasteiger partial charge in [-0.05, 0) is 30.9 Å². The quantitative estimate of drug-likeness (QED) is 0.840. The second kappa shape index (κ2) is 6.93. The van der Waals surface area contributed by atoms with E-state index in [1.165, 1.54) is 16.4 Å². The van der Waals surface area contributed by atoms with Crippen molar-refractivity contribution in [2.45, 2.75) is 24.2 Å². The molecule has 1 fully saturated rings. The molecule has 0 aromatic heterocycles. The van der Waals surface area contributed by atoms with E-state index in [-0.39, 0.29) is 38.8 Å². The third-order valence-electron chi connectivity index (χ3n) is 3.58. The summed E-state index contributed by atoms with van der Waals surface area (Å²) in [7, 11) is -3.82. The molecule has 1 aromatic rings. The number of aliphatic carboxylic acids is 1. The lowest BCUT2D eigenvalue weighted by molar-refractivity contribution is -0.137. The molecule has 0 amide bonds. The van der Waals surface area contributed by atoms with E-state index in [2.05, 4.69) is 0 Å². The third kappa shape index (κ3) is 3.86. The summed E-state index contributed by atoms with van der Waals surface area (Å²) in [5.74, 6) is -0.860. The van der Waals surface area contributed by atoms with Gasteiger partial charge in [0.05, 0.1) is 10.0 Å². The van der Waals surface area contributed by atoms with Crippen molar-refractivity contribution in [1.82, 2.24) is 4.31 Å². The third-order valence-corrected chi connectivity index (χ3v) is 6.58. The lowest BCUT2D eigenvalue weighted by atomic mass is 10.0. The van der Waals surface area contributed by atoms with Crippen LogP contribution < -0.4 is 0 Å². The van der Waals surface area contributed by atoms with Gasteiger partial charge in [0.1, 0.15) is 4.90 Å². The van der Waals surface area contributed by atoms with E-state index in [0.29, 0.717) is 19.4 Å². The number of halogens is 3. The topological polar surface area (TPSA) is 74.7 Å². The first-order valence-corrected chi connectivity index (χ1v) is 9.15. The predicted octanol–water partition coefficient (Wildman–Crippen LogP) is 3.52. The lowest BCUT2D eigenvalue weighted by Crippen LogP contribution is -2.29. The van der Waals surface area contributed by atoms with Crippen molar-refractivity contribution in [3.8, 4) is 0 Å². The second-order valence-electron chi connectivity index (χ2n) is 5.15. The van der Waals surface area contributed by atoms with Crippen molar-refractivity contribution in [2.24, 2.45) is 5.92 Å². The summed E-state index contributed by atoms with van der Waals surface area (Å²) in [6.45, 7) is 0.590. The molecule has 1 aromatic carbocycles. The Morgan fingerprint density at radius 1 is 1.27 bits per heavy atom. The maximum atomic E-state index is 12.7. The molecular formula is C13H14Cl3NO4S. The van der Waals surface area contributed by atoms with Crippen LogP contribution in [0.3, 0.4) is 0 Å². The van der Waals surface area contributed by atoms with Crippen molar-refractivity contribution in [3.63, 3.8) is 0 Å². The summed E-state index contributed by atoms with van der Waals surface area (Å²) in [6.07, 6.45) is 1.10. The zero-order chi connectivity index (χ0) is 16.5. The van der Waals surface area contributed by atoms with Crippen molar-refractivity contribution in [2.75, 3.05) is 13.1 Å². The highest BCUT2D eigenvalue weighted by atomic mass is 35.5. The van der Waals surface area contributed by atoms with E-state index in [1.807, 2.05) is 0 Å². The van der Waals surface area contributed by atoms with Gasteiger partial charge in [-0.1, -0.05) is 34.8 Å². The van der Waals surface area contributed by atoms with Gasteiger partial charge in [0.15, 0.2) is 0 Å². The molecule has 1 aliphatic rings. The number of benzene rings is 1. The predicted molar refractivity (Wildman–Crippen MR) is 85.2 cm³/mol. The molecule has 0 radical (unpaired) electrons. The minimum absolute atomic E-state index is 0.0218. The Bertz CT molecular complexity index is 670. The van der Waals surface area contributed by atoms with Gasteiger partial charge in [-0.25, -0.2) is 8.42 Å². The molecule has 2 rings (SSSR count). The first kappa shape index (κ1) is 17.8. The fraction of sp³-hybridized carbons (Fsp3) is 0.462. The van der Waals surface area contributed by atoms with E-state index < -0.39 is 16.0 Å².